The molecule has 2 aromatic rings. The van der Waals surface area contributed by atoms with E-state index in [0.29, 0.717) is 10.2 Å². The first-order valence-corrected chi connectivity index (χ1v) is 4.36. The molecule has 0 amide bonds. The molecule has 2 aromatic heterocycles. The maximum Gasteiger partial charge on any atom is 0.261 e. The number of pyridine rings is 1. The summed E-state index contributed by atoms with van der Waals surface area (Å²) in [5.41, 5.74) is 0. The monoisotopic (exact) mass is 196 g/mol. The highest BCUT2D eigenvalue weighted by Crippen LogP contribution is 2.23. The van der Waals surface area contributed by atoms with Crippen LogP contribution in [0.3, 0.4) is 0 Å². The third-order valence-electron chi connectivity index (χ3n) is 1.29. The Kier molecular flexibility index (Phi) is 2.27. The van der Waals surface area contributed by atoms with Gasteiger partial charge >= 0.3 is 0 Å². The predicted octanol–water partition coefficient (Wildman–Crippen LogP) is 2.36. The van der Waals surface area contributed by atoms with E-state index in [1.807, 2.05) is 0 Å². The zero-order valence-corrected chi connectivity index (χ0v) is 7.29. The van der Waals surface area contributed by atoms with Crippen LogP contribution in [0.1, 0.15) is 0 Å². The Bertz CT molecular complexity index is 391. The van der Waals surface area contributed by atoms with Crippen molar-refractivity contribution in [1.29, 1.82) is 0 Å². The SMILES string of the molecule is Fc1cccc(Sc2ncco2)n1. The molecule has 0 radical (unpaired) electrons. The van der Waals surface area contributed by atoms with Crippen molar-refractivity contribution in [3.8, 4) is 0 Å². The Labute approximate surface area is 78.0 Å². The van der Waals surface area contributed by atoms with Crippen molar-refractivity contribution in [3.05, 3.63) is 36.6 Å². The molecule has 0 saturated heterocycles. The normalized spacial score (nSPS) is 10.2. The second-order valence-electron chi connectivity index (χ2n) is 2.20. The summed E-state index contributed by atoms with van der Waals surface area (Å²) in [5.74, 6) is -0.503. The Hall–Kier alpha value is -1.36. The molecule has 13 heavy (non-hydrogen) atoms. The van der Waals surface area contributed by atoms with E-state index in [1.54, 1.807) is 12.1 Å². The van der Waals surface area contributed by atoms with E-state index in [4.69, 9.17) is 4.42 Å². The van der Waals surface area contributed by atoms with Crippen LogP contribution in [-0.2, 0) is 0 Å². The Morgan fingerprint density at radius 1 is 1.38 bits per heavy atom. The van der Waals surface area contributed by atoms with E-state index in [2.05, 4.69) is 9.97 Å². The van der Waals surface area contributed by atoms with Crippen LogP contribution < -0.4 is 0 Å². The fourth-order valence-electron chi connectivity index (χ4n) is 0.797. The smallest absolute Gasteiger partial charge is 0.261 e. The van der Waals surface area contributed by atoms with Crippen molar-refractivity contribution in [1.82, 2.24) is 9.97 Å². The van der Waals surface area contributed by atoms with Crippen LogP contribution in [0.25, 0.3) is 0 Å². The maximum atomic E-state index is 12.6. The second-order valence-corrected chi connectivity index (χ2v) is 3.17. The number of aromatic nitrogens is 2. The molecule has 0 N–H and O–H groups in total. The van der Waals surface area contributed by atoms with Gasteiger partial charge in [-0.2, -0.15) is 4.39 Å². The van der Waals surface area contributed by atoms with Crippen LogP contribution in [0, 0.1) is 5.95 Å². The number of nitrogens with zero attached hydrogens (tertiary/aromatic N) is 2. The highest BCUT2D eigenvalue weighted by molar-refractivity contribution is 7.99. The van der Waals surface area contributed by atoms with E-state index >= 15 is 0 Å². The average Bonchev–Trinajstić information content (AvgIpc) is 2.57. The molecule has 0 atom stereocenters. The van der Waals surface area contributed by atoms with Gasteiger partial charge < -0.3 is 4.42 Å². The van der Waals surface area contributed by atoms with Crippen molar-refractivity contribution in [2.24, 2.45) is 0 Å². The molecular weight excluding hydrogens is 191 g/mol. The number of hydrogen-bond acceptors (Lipinski definition) is 4. The maximum absolute atomic E-state index is 12.6. The minimum Gasteiger partial charge on any atom is -0.440 e. The van der Waals surface area contributed by atoms with E-state index < -0.39 is 5.95 Å². The van der Waals surface area contributed by atoms with Crippen molar-refractivity contribution in [3.63, 3.8) is 0 Å². The first-order valence-electron chi connectivity index (χ1n) is 3.54. The van der Waals surface area contributed by atoms with Gasteiger partial charge in [-0.25, -0.2) is 9.97 Å². The summed E-state index contributed by atoms with van der Waals surface area (Å²) in [4.78, 5) is 7.52. The van der Waals surface area contributed by atoms with Gasteiger partial charge in [-0.15, -0.1) is 0 Å². The molecule has 0 spiro atoms. The van der Waals surface area contributed by atoms with Gasteiger partial charge in [0.25, 0.3) is 5.22 Å². The highest BCUT2D eigenvalue weighted by atomic mass is 32.2. The zero-order valence-electron chi connectivity index (χ0n) is 6.48. The number of hydrogen-bond donors (Lipinski definition) is 0. The lowest BCUT2D eigenvalue weighted by Crippen LogP contribution is -1.83. The van der Waals surface area contributed by atoms with Gasteiger partial charge in [0.15, 0.2) is 0 Å². The van der Waals surface area contributed by atoms with E-state index in [-0.39, 0.29) is 0 Å². The fourth-order valence-corrected chi connectivity index (χ4v) is 1.47. The summed E-state index contributed by atoms with van der Waals surface area (Å²) in [6.45, 7) is 0. The molecule has 0 unspecified atom stereocenters. The van der Waals surface area contributed by atoms with Gasteiger partial charge in [0.2, 0.25) is 5.95 Å². The number of oxazole rings is 1. The van der Waals surface area contributed by atoms with Crippen molar-refractivity contribution < 1.29 is 8.81 Å². The summed E-state index contributed by atoms with van der Waals surface area (Å²) in [6, 6.07) is 4.57. The van der Waals surface area contributed by atoms with E-state index in [9.17, 15) is 4.39 Å². The van der Waals surface area contributed by atoms with Crippen LogP contribution in [0.15, 0.2) is 45.3 Å². The van der Waals surface area contributed by atoms with Crippen LogP contribution in [0.2, 0.25) is 0 Å². The summed E-state index contributed by atoms with van der Waals surface area (Å²) < 4.78 is 17.6. The first-order chi connectivity index (χ1) is 6.34. The Balaban J connectivity index is 2.19. The molecule has 0 bridgehead atoms. The first kappa shape index (κ1) is 8.25. The molecule has 0 aliphatic rings. The van der Waals surface area contributed by atoms with Gasteiger partial charge in [0.05, 0.1) is 6.20 Å². The topological polar surface area (TPSA) is 38.9 Å². The van der Waals surface area contributed by atoms with Gasteiger partial charge in [0, 0.05) is 0 Å². The highest BCUT2D eigenvalue weighted by Gasteiger charge is 2.02. The molecule has 0 aromatic carbocycles. The van der Waals surface area contributed by atoms with Gasteiger partial charge in [-0.05, 0) is 23.9 Å². The number of halogens is 1. The lowest BCUT2D eigenvalue weighted by Gasteiger charge is -1.94. The lowest BCUT2D eigenvalue weighted by atomic mass is 10.5. The zero-order chi connectivity index (χ0) is 9.10. The lowest BCUT2D eigenvalue weighted by molar-refractivity contribution is 0.453. The molecule has 2 rings (SSSR count). The molecular formula is C8H5FN2OS. The molecule has 66 valence electrons. The molecule has 0 fully saturated rings. The van der Waals surface area contributed by atoms with E-state index in [1.165, 1.54) is 30.3 Å². The van der Waals surface area contributed by atoms with Crippen LogP contribution in [0.5, 0.6) is 0 Å². The van der Waals surface area contributed by atoms with Crippen LogP contribution in [-0.4, -0.2) is 9.97 Å². The summed E-state index contributed by atoms with van der Waals surface area (Å²) in [5, 5.41) is 0.987. The molecule has 0 aliphatic carbocycles. The summed E-state index contributed by atoms with van der Waals surface area (Å²) in [6.07, 6.45) is 2.99. The largest absolute Gasteiger partial charge is 0.440 e. The Morgan fingerprint density at radius 2 is 2.31 bits per heavy atom. The van der Waals surface area contributed by atoms with Crippen molar-refractivity contribution in [2.45, 2.75) is 10.2 Å². The van der Waals surface area contributed by atoms with Crippen molar-refractivity contribution in [2.75, 3.05) is 0 Å². The third kappa shape index (κ3) is 2.06. The average molecular weight is 196 g/mol. The van der Waals surface area contributed by atoms with E-state index in [0.717, 1.165) is 0 Å². The summed E-state index contributed by atoms with van der Waals surface area (Å²) >= 11 is 1.18. The Morgan fingerprint density at radius 3 is 3.00 bits per heavy atom. The predicted molar refractivity (Wildman–Crippen MR) is 44.8 cm³/mol. The molecule has 0 saturated carbocycles. The van der Waals surface area contributed by atoms with Crippen LogP contribution in [0.4, 0.5) is 4.39 Å². The molecule has 2 heterocycles. The molecule has 0 aliphatic heterocycles. The molecule has 5 heteroatoms. The third-order valence-corrected chi connectivity index (χ3v) is 2.10. The minimum absolute atomic E-state index is 0.457. The van der Waals surface area contributed by atoms with Gasteiger partial charge in [-0.3, -0.25) is 0 Å². The quantitative estimate of drug-likeness (QED) is 0.691. The van der Waals surface area contributed by atoms with Crippen LogP contribution >= 0.6 is 11.8 Å². The second kappa shape index (κ2) is 3.57. The van der Waals surface area contributed by atoms with Gasteiger partial charge in [-0.1, -0.05) is 6.07 Å². The minimum atomic E-state index is -0.503. The standard InChI is InChI=1S/C8H5FN2OS/c9-6-2-1-3-7(11-6)13-8-10-4-5-12-8/h1-5H. The van der Waals surface area contributed by atoms with Gasteiger partial charge in [0.1, 0.15) is 11.3 Å². The number of rotatable bonds is 2. The van der Waals surface area contributed by atoms with Crippen molar-refractivity contribution >= 4 is 11.8 Å². The molecule has 3 nitrogen and oxygen atoms in total. The fraction of sp³-hybridized carbons (Fsp3) is 0. The summed E-state index contributed by atoms with van der Waals surface area (Å²) in [7, 11) is 0.